The van der Waals surface area contributed by atoms with Crippen molar-refractivity contribution in [3.8, 4) is 0 Å². The molecular weight excluding hydrogens is 300 g/mol. The van der Waals surface area contributed by atoms with Gasteiger partial charge in [-0.05, 0) is 18.5 Å². The van der Waals surface area contributed by atoms with E-state index in [0.717, 1.165) is 31.1 Å². The largest absolute Gasteiger partial charge is 0.368 e. The minimum atomic E-state index is 0.341. The standard InChI is InChI=1S/C18H26N6/c1-13(14-6-4-3-5-7-14)9-21-10-15-8-17(23-18(19)22-15)24-11-16(12-24)20-2/h3-8,13,16,20-21H,9-12H2,1-2H3,(H2,19,22,23). The van der Waals surface area contributed by atoms with Crippen molar-refractivity contribution in [3.05, 3.63) is 47.7 Å². The third kappa shape index (κ3) is 4.01. The summed E-state index contributed by atoms with van der Waals surface area (Å²) >= 11 is 0. The number of hydrogen-bond acceptors (Lipinski definition) is 6. The minimum absolute atomic E-state index is 0.341. The Morgan fingerprint density at radius 2 is 2.00 bits per heavy atom. The third-order valence-corrected chi connectivity index (χ3v) is 4.52. The summed E-state index contributed by atoms with van der Waals surface area (Å²) in [6.07, 6.45) is 0. The van der Waals surface area contributed by atoms with E-state index in [-0.39, 0.29) is 0 Å². The average molecular weight is 326 g/mol. The van der Waals surface area contributed by atoms with Crippen LogP contribution in [0.2, 0.25) is 0 Å². The summed E-state index contributed by atoms with van der Waals surface area (Å²) < 4.78 is 0. The molecule has 0 bridgehead atoms. The van der Waals surface area contributed by atoms with Crippen molar-refractivity contribution in [3.63, 3.8) is 0 Å². The van der Waals surface area contributed by atoms with Gasteiger partial charge in [-0.3, -0.25) is 0 Å². The Morgan fingerprint density at radius 3 is 2.71 bits per heavy atom. The van der Waals surface area contributed by atoms with Crippen LogP contribution in [0.1, 0.15) is 24.1 Å². The lowest BCUT2D eigenvalue weighted by Crippen LogP contribution is -2.57. The molecule has 1 saturated heterocycles. The fraction of sp³-hybridized carbons (Fsp3) is 0.444. The Kier molecular flexibility index (Phi) is 5.27. The van der Waals surface area contributed by atoms with E-state index in [1.165, 1.54) is 5.56 Å². The molecule has 4 N–H and O–H groups in total. The normalized spacial score (nSPS) is 16.0. The Bertz CT molecular complexity index is 654. The van der Waals surface area contributed by atoms with E-state index in [9.17, 15) is 0 Å². The fourth-order valence-corrected chi connectivity index (χ4v) is 2.92. The molecule has 0 aliphatic carbocycles. The Balaban J connectivity index is 1.54. The van der Waals surface area contributed by atoms with Crippen molar-refractivity contribution in [2.75, 3.05) is 37.3 Å². The van der Waals surface area contributed by atoms with Crippen LogP contribution in [-0.2, 0) is 6.54 Å². The third-order valence-electron chi connectivity index (χ3n) is 4.52. The summed E-state index contributed by atoms with van der Waals surface area (Å²) in [6, 6.07) is 13.1. The molecule has 0 spiro atoms. The molecule has 0 amide bonds. The van der Waals surface area contributed by atoms with Crippen molar-refractivity contribution in [2.45, 2.75) is 25.4 Å². The molecule has 1 unspecified atom stereocenters. The SMILES string of the molecule is CNC1CN(c2cc(CNCC(C)c3ccccc3)nc(N)n2)C1. The van der Waals surface area contributed by atoms with Crippen LogP contribution < -0.4 is 21.3 Å². The molecule has 1 fully saturated rings. The van der Waals surface area contributed by atoms with Crippen molar-refractivity contribution in [1.29, 1.82) is 0 Å². The first-order valence-corrected chi connectivity index (χ1v) is 8.47. The first kappa shape index (κ1) is 16.7. The van der Waals surface area contributed by atoms with E-state index >= 15 is 0 Å². The first-order chi connectivity index (χ1) is 11.7. The number of nitrogens with two attached hydrogens (primary N) is 1. The summed E-state index contributed by atoms with van der Waals surface area (Å²) in [5.41, 5.74) is 8.15. The monoisotopic (exact) mass is 326 g/mol. The molecule has 6 nitrogen and oxygen atoms in total. The number of benzene rings is 1. The van der Waals surface area contributed by atoms with Gasteiger partial charge in [0.05, 0.1) is 5.69 Å². The van der Waals surface area contributed by atoms with Crippen LogP contribution in [0.25, 0.3) is 0 Å². The molecule has 1 atom stereocenters. The van der Waals surface area contributed by atoms with E-state index < -0.39 is 0 Å². The van der Waals surface area contributed by atoms with Crippen molar-refractivity contribution in [2.24, 2.45) is 0 Å². The molecule has 2 heterocycles. The second-order valence-electron chi connectivity index (χ2n) is 6.41. The maximum atomic E-state index is 5.87. The highest BCUT2D eigenvalue weighted by atomic mass is 15.3. The molecule has 3 rings (SSSR count). The number of anilines is 2. The molecule has 1 aromatic heterocycles. The van der Waals surface area contributed by atoms with Crippen molar-refractivity contribution in [1.82, 2.24) is 20.6 Å². The quantitative estimate of drug-likeness (QED) is 0.713. The number of nitrogens with one attached hydrogen (secondary N) is 2. The lowest BCUT2D eigenvalue weighted by molar-refractivity contribution is 0.447. The fourth-order valence-electron chi connectivity index (χ4n) is 2.92. The van der Waals surface area contributed by atoms with Gasteiger partial charge in [0.25, 0.3) is 0 Å². The van der Waals surface area contributed by atoms with Gasteiger partial charge in [-0.1, -0.05) is 37.3 Å². The number of nitrogens with zero attached hydrogens (tertiary/aromatic N) is 3. The molecule has 0 saturated carbocycles. The van der Waals surface area contributed by atoms with Gasteiger partial charge in [-0.25, -0.2) is 4.98 Å². The lowest BCUT2D eigenvalue weighted by atomic mass is 10.0. The highest BCUT2D eigenvalue weighted by Gasteiger charge is 2.26. The van der Waals surface area contributed by atoms with Crippen LogP contribution in [0, 0.1) is 0 Å². The highest BCUT2D eigenvalue weighted by molar-refractivity contribution is 5.46. The molecule has 1 aromatic carbocycles. The zero-order valence-electron chi connectivity index (χ0n) is 14.4. The predicted molar refractivity (Wildman–Crippen MR) is 98.1 cm³/mol. The van der Waals surface area contributed by atoms with Gasteiger partial charge in [0.1, 0.15) is 5.82 Å². The molecule has 1 aliphatic heterocycles. The summed E-state index contributed by atoms with van der Waals surface area (Å²) in [6.45, 7) is 5.74. The van der Waals surface area contributed by atoms with Crippen LogP contribution in [0.5, 0.6) is 0 Å². The van der Waals surface area contributed by atoms with E-state index in [1.807, 2.05) is 19.2 Å². The van der Waals surface area contributed by atoms with Gasteiger partial charge in [0.15, 0.2) is 0 Å². The van der Waals surface area contributed by atoms with Gasteiger partial charge in [-0.15, -0.1) is 0 Å². The number of likely N-dealkylation sites (N-methyl/N-ethyl adjacent to an activating group) is 1. The zero-order chi connectivity index (χ0) is 16.9. The summed E-state index contributed by atoms with van der Waals surface area (Å²) in [5, 5.41) is 6.74. The van der Waals surface area contributed by atoms with E-state index in [2.05, 4.69) is 56.7 Å². The highest BCUT2D eigenvalue weighted by Crippen LogP contribution is 2.20. The smallest absolute Gasteiger partial charge is 0.222 e. The lowest BCUT2D eigenvalue weighted by Gasteiger charge is -2.40. The second kappa shape index (κ2) is 7.59. The van der Waals surface area contributed by atoms with Crippen LogP contribution >= 0.6 is 0 Å². The summed E-state index contributed by atoms with van der Waals surface area (Å²) in [7, 11) is 1.99. The Hall–Kier alpha value is -2.18. The maximum Gasteiger partial charge on any atom is 0.222 e. The molecule has 1 aliphatic rings. The molecule has 128 valence electrons. The molecule has 6 heteroatoms. The summed E-state index contributed by atoms with van der Waals surface area (Å²) in [4.78, 5) is 10.9. The topological polar surface area (TPSA) is 79.1 Å². The number of nitrogen functional groups attached to an aromatic ring is 1. The minimum Gasteiger partial charge on any atom is -0.368 e. The van der Waals surface area contributed by atoms with Gasteiger partial charge in [0.2, 0.25) is 5.95 Å². The number of aromatic nitrogens is 2. The van der Waals surface area contributed by atoms with Crippen molar-refractivity contribution < 1.29 is 0 Å². The molecule has 0 radical (unpaired) electrons. The van der Waals surface area contributed by atoms with E-state index in [0.29, 0.717) is 24.5 Å². The number of hydrogen-bond donors (Lipinski definition) is 3. The molecule has 2 aromatic rings. The van der Waals surface area contributed by atoms with Gasteiger partial charge in [0, 0.05) is 38.3 Å². The second-order valence-corrected chi connectivity index (χ2v) is 6.41. The van der Waals surface area contributed by atoms with Crippen LogP contribution in [0.15, 0.2) is 36.4 Å². The van der Waals surface area contributed by atoms with Crippen LogP contribution in [-0.4, -0.2) is 42.7 Å². The Labute approximate surface area is 143 Å². The van der Waals surface area contributed by atoms with Gasteiger partial charge >= 0.3 is 0 Å². The zero-order valence-corrected chi connectivity index (χ0v) is 14.4. The first-order valence-electron chi connectivity index (χ1n) is 8.47. The average Bonchev–Trinajstić information content (AvgIpc) is 2.54. The van der Waals surface area contributed by atoms with Crippen molar-refractivity contribution >= 4 is 11.8 Å². The van der Waals surface area contributed by atoms with Crippen LogP contribution in [0.4, 0.5) is 11.8 Å². The molecular formula is C18H26N6. The molecule has 24 heavy (non-hydrogen) atoms. The predicted octanol–water partition coefficient (Wildman–Crippen LogP) is 1.36. The van der Waals surface area contributed by atoms with Crippen LogP contribution in [0.3, 0.4) is 0 Å². The number of rotatable bonds is 7. The van der Waals surface area contributed by atoms with E-state index in [1.54, 1.807) is 0 Å². The summed E-state index contributed by atoms with van der Waals surface area (Å²) in [5.74, 6) is 1.71. The maximum absolute atomic E-state index is 5.87. The van der Waals surface area contributed by atoms with E-state index in [4.69, 9.17) is 5.73 Å². The van der Waals surface area contributed by atoms with Gasteiger partial charge < -0.3 is 21.3 Å². The van der Waals surface area contributed by atoms with Gasteiger partial charge in [-0.2, -0.15) is 4.98 Å². The Morgan fingerprint density at radius 1 is 1.25 bits per heavy atom.